The number of hydrogen-bond acceptors (Lipinski definition) is 6. The van der Waals surface area contributed by atoms with Crippen molar-refractivity contribution in [3.05, 3.63) is 114 Å². The zero-order chi connectivity index (χ0) is 27.0. The van der Waals surface area contributed by atoms with Crippen molar-refractivity contribution in [2.75, 3.05) is 6.54 Å². The Morgan fingerprint density at radius 1 is 1.03 bits per heavy atom. The van der Waals surface area contributed by atoms with Crippen LogP contribution in [0.1, 0.15) is 32.0 Å². The van der Waals surface area contributed by atoms with Gasteiger partial charge in [0, 0.05) is 18.7 Å². The van der Waals surface area contributed by atoms with Gasteiger partial charge in [0.15, 0.2) is 5.75 Å². The second-order valence-corrected chi connectivity index (χ2v) is 9.26. The summed E-state index contributed by atoms with van der Waals surface area (Å²) in [6, 6.07) is 17.4. The molecule has 0 radical (unpaired) electrons. The number of carbonyl (C=O) groups is 2. The molecule has 10 nitrogen and oxygen atoms in total. The number of ether oxygens (including phenoxy) is 1. The highest BCUT2D eigenvalue weighted by Crippen LogP contribution is 2.39. The average molecular weight is 553 g/mol. The van der Waals surface area contributed by atoms with Crippen molar-refractivity contribution in [2.45, 2.75) is 13.0 Å². The van der Waals surface area contributed by atoms with Gasteiger partial charge in [0.25, 0.3) is 11.5 Å². The molecular formula is C26H18Cl2N4O6. The number of H-pyrrole nitrogens is 1. The molecule has 5 rings (SSSR count). The third kappa shape index (κ3) is 4.91. The number of nitrogens with zero attached hydrogens (tertiary/aromatic N) is 3. The van der Waals surface area contributed by atoms with E-state index in [1.165, 1.54) is 12.1 Å². The number of carboxylic acid groups (broad SMARTS) is 1. The van der Waals surface area contributed by atoms with Crippen LogP contribution < -0.4 is 16.0 Å². The summed E-state index contributed by atoms with van der Waals surface area (Å²) in [6.07, 6.45) is 0.637. The molecule has 1 aliphatic rings. The van der Waals surface area contributed by atoms with Crippen LogP contribution in [0.2, 0.25) is 10.0 Å². The number of carbonyl (C=O) groups excluding carboxylic acids is 1. The normalized spacial score (nSPS) is 12.8. The highest BCUT2D eigenvalue weighted by atomic mass is 35.5. The van der Waals surface area contributed by atoms with Crippen LogP contribution in [0.15, 0.2) is 70.3 Å². The topological polar surface area (TPSA) is 135 Å². The smallest absolute Gasteiger partial charge is 0.362 e. The fourth-order valence-corrected chi connectivity index (χ4v) is 4.68. The summed E-state index contributed by atoms with van der Waals surface area (Å²) in [7, 11) is 0. The monoisotopic (exact) mass is 552 g/mol. The number of halogens is 2. The molecule has 3 aromatic carbocycles. The van der Waals surface area contributed by atoms with E-state index in [4.69, 9.17) is 33.0 Å². The summed E-state index contributed by atoms with van der Waals surface area (Å²) in [4.78, 5) is 51.8. The van der Waals surface area contributed by atoms with Crippen molar-refractivity contribution in [3.63, 3.8) is 0 Å². The van der Waals surface area contributed by atoms with Crippen molar-refractivity contribution in [1.29, 1.82) is 0 Å². The number of aromatic carboxylic acids is 1. The fourth-order valence-electron chi connectivity index (χ4n) is 4.13. The van der Waals surface area contributed by atoms with E-state index in [1.807, 2.05) is 35.3 Å². The molecule has 38 heavy (non-hydrogen) atoms. The highest BCUT2D eigenvalue weighted by Gasteiger charge is 2.25. The summed E-state index contributed by atoms with van der Waals surface area (Å²) in [5.41, 5.74) is -0.494. The number of aromatic nitrogens is 3. The van der Waals surface area contributed by atoms with Crippen molar-refractivity contribution in [2.24, 2.45) is 0 Å². The summed E-state index contributed by atoms with van der Waals surface area (Å²) < 4.78 is 6.58. The molecule has 0 fully saturated rings. The molecule has 2 N–H and O–H groups in total. The predicted octanol–water partition coefficient (Wildman–Crippen LogP) is 3.92. The minimum atomic E-state index is -1.61. The first kappa shape index (κ1) is 25.2. The van der Waals surface area contributed by atoms with Crippen LogP contribution in [-0.4, -0.2) is 43.2 Å². The molecular weight excluding hydrogens is 535 g/mol. The van der Waals surface area contributed by atoms with Crippen molar-refractivity contribution in [1.82, 2.24) is 19.7 Å². The second-order valence-electron chi connectivity index (χ2n) is 8.45. The molecule has 1 aliphatic heterocycles. The molecule has 0 spiro atoms. The Morgan fingerprint density at radius 2 is 1.74 bits per heavy atom. The molecule has 192 valence electrons. The summed E-state index contributed by atoms with van der Waals surface area (Å²) >= 11 is 12.8. The van der Waals surface area contributed by atoms with E-state index in [1.54, 1.807) is 23.1 Å². The van der Waals surface area contributed by atoms with Gasteiger partial charge in [0.1, 0.15) is 5.75 Å². The van der Waals surface area contributed by atoms with Crippen LogP contribution in [0.25, 0.3) is 5.69 Å². The number of fused-ring (bicyclic) bond motifs is 1. The van der Waals surface area contributed by atoms with Gasteiger partial charge >= 0.3 is 11.7 Å². The number of amides is 1. The van der Waals surface area contributed by atoms with Crippen LogP contribution in [0, 0.1) is 0 Å². The van der Waals surface area contributed by atoms with E-state index < -0.39 is 22.9 Å². The standard InChI is InChI=1S/C26H18Cl2N4O6/c27-19-11-16(32-26(37)29-23(33)21(30-32)25(35)36)12-20(28)22(19)38-17-6-7-18-15(10-17)8-9-31(24(18)34)13-14-4-2-1-3-5-14/h1-7,10-12H,8-9,13H2,(H,35,36)(H,29,33,37). The minimum absolute atomic E-state index is 0.00658. The number of rotatable bonds is 6. The molecule has 0 saturated heterocycles. The lowest BCUT2D eigenvalue weighted by Gasteiger charge is -2.29. The Balaban J connectivity index is 1.39. The van der Waals surface area contributed by atoms with Crippen LogP contribution in [-0.2, 0) is 13.0 Å². The number of hydrogen-bond donors (Lipinski definition) is 2. The van der Waals surface area contributed by atoms with E-state index >= 15 is 0 Å². The maximum absolute atomic E-state index is 13.0. The van der Waals surface area contributed by atoms with Gasteiger partial charge in [0.05, 0.1) is 15.7 Å². The SMILES string of the molecule is O=C(O)c1nn(-c2cc(Cl)c(Oc3ccc4c(c3)CCN(Cc3ccccc3)C4=O)c(Cl)c2)c(=O)[nH]c1=O. The lowest BCUT2D eigenvalue weighted by Crippen LogP contribution is -2.37. The van der Waals surface area contributed by atoms with Crippen molar-refractivity contribution < 1.29 is 19.4 Å². The maximum Gasteiger partial charge on any atom is 0.362 e. The number of benzene rings is 3. The van der Waals surface area contributed by atoms with Gasteiger partial charge in [-0.2, -0.15) is 9.78 Å². The van der Waals surface area contributed by atoms with Gasteiger partial charge in [-0.15, -0.1) is 0 Å². The summed E-state index contributed by atoms with van der Waals surface area (Å²) in [5.74, 6) is -1.19. The number of aromatic amines is 1. The molecule has 1 aromatic heterocycles. The van der Waals surface area contributed by atoms with Gasteiger partial charge in [-0.25, -0.2) is 9.59 Å². The number of nitrogens with one attached hydrogen (secondary N) is 1. The third-order valence-corrected chi connectivity index (χ3v) is 6.50. The summed E-state index contributed by atoms with van der Waals surface area (Å²) in [6.45, 7) is 1.08. The van der Waals surface area contributed by atoms with E-state index in [0.29, 0.717) is 35.5 Å². The van der Waals surface area contributed by atoms with Gasteiger partial charge in [-0.3, -0.25) is 14.6 Å². The quantitative estimate of drug-likeness (QED) is 0.370. The van der Waals surface area contributed by atoms with Crippen LogP contribution in [0.3, 0.4) is 0 Å². The Morgan fingerprint density at radius 3 is 2.42 bits per heavy atom. The predicted molar refractivity (Wildman–Crippen MR) is 139 cm³/mol. The van der Waals surface area contributed by atoms with Crippen LogP contribution >= 0.6 is 23.2 Å². The lowest BCUT2D eigenvalue weighted by atomic mass is 9.98. The first-order valence-electron chi connectivity index (χ1n) is 11.3. The van der Waals surface area contributed by atoms with Gasteiger partial charge in [0.2, 0.25) is 5.69 Å². The second kappa shape index (κ2) is 10.2. The zero-order valence-corrected chi connectivity index (χ0v) is 21.0. The average Bonchev–Trinajstić information content (AvgIpc) is 2.88. The molecule has 0 atom stereocenters. The van der Waals surface area contributed by atoms with E-state index in [9.17, 15) is 19.2 Å². The van der Waals surface area contributed by atoms with Crippen molar-refractivity contribution in [3.8, 4) is 17.2 Å². The summed E-state index contributed by atoms with van der Waals surface area (Å²) in [5, 5.41) is 12.7. The Kier molecular flexibility index (Phi) is 6.75. The van der Waals surface area contributed by atoms with Gasteiger partial charge in [-0.1, -0.05) is 53.5 Å². The first-order chi connectivity index (χ1) is 18.2. The molecule has 2 heterocycles. The molecule has 0 saturated carbocycles. The first-order valence-corrected chi connectivity index (χ1v) is 12.1. The Bertz CT molecular complexity index is 1680. The molecule has 4 aromatic rings. The van der Waals surface area contributed by atoms with E-state index in [2.05, 4.69) is 5.10 Å². The molecule has 12 heteroatoms. The molecule has 0 bridgehead atoms. The lowest BCUT2D eigenvalue weighted by molar-refractivity contribution is 0.0683. The molecule has 0 aliphatic carbocycles. The van der Waals surface area contributed by atoms with E-state index in [-0.39, 0.29) is 27.4 Å². The largest absolute Gasteiger partial charge is 0.476 e. The zero-order valence-electron chi connectivity index (χ0n) is 19.5. The Hall–Kier alpha value is -4.41. The van der Waals surface area contributed by atoms with Crippen molar-refractivity contribution >= 4 is 35.1 Å². The van der Waals surface area contributed by atoms with Gasteiger partial charge in [-0.05, 0) is 47.9 Å². The minimum Gasteiger partial charge on any atom is -0.476 e. The fraction of sp³-hybridized carbons (Fsp3) is 0.115. The highest BCUT2D eigenvalue weighted by molar-refractivity contribution is 6.37. The van der Waals surface area contributed by atoms with Gasteiger partial charge < -0.3 is 14.7 Å². The Labute approximate surface area is 224 Å². The molecule has 0 unspecified atom stereocenters. The number of carboxylic acids is 1. The van der Waals surface area contributed by atoms with E-state index in [0.717, 1.165) is 11.1 Å². The molecule has 1 amide bonds. The maximum atomic E-state index is 13.0. The van der Waals surface area contributed by atoms with Crippen LogP contribution in [0.5, 0.6) is 11.5 Å². The third-order valence-electron chi connectivity index (χ3n) is 5.94. The van der Waals surface area contributed by atoms with Crippen LogP contribution in [0.4, 0.5) is 0 Å².